The van der Waals surface area contributed by atoms with Gasteiger partial charge in [-0.25, -0.2) is 4.79 Å². The van der Waals surface area contributed by atoms with E-state index in [1.165, 1.54) is 18.2 Å². The number of carboxylic acids is 1. The zero-order chi connectivity index (χ0) is 13.7. The molecule has 0 saturated heterocycles. The van der Waals surface area contributed by atoms with Crippen LogP contribution in [0.4, 0.5) is 5.69 Å². The predicted octanol–water partition coefficient (Wildman–Crippen LogP) is 0.207. The molecule has 7 heteroatoms. The minimum atomic E-state index is -1.66. The average Bonchev–Trinajstić information content (AvgIpc) is 2.29. The lowest BCUT2D eigenvalue weighted by atomic mass is 10.1. The summed E-state index contributed by atoms with van der Waals surface area (Å²) >= 11 is 0. The number of ether oxygens (including phenoxy) is 1. The number of carboxylic acid groups (broad SMARTS) is 1. The fourth-order valence-corrected chi connectivity index (χ4v) is 1.34. The van der Waals surface area contributed by atoms with Gasteiger partial charge < -0.3 is 20.9 Å². The highest BCUT2D eigenvalue weighted by Crippen LogP contribution is 2.26. The van der Waals surface area contributed by atoms with Crippen LogP contribution in [0.2, 0.25) is 0 Å². The average molecular weight is 252 g/mol. The second-order valence-corrected chi connectivity index (χ2v) is 3.24. The second-order valence-electron chi connectivity index (χ2n) is 3.24. The molecule has 18 heavy (non-hydrogen) atoms. The van der Waals surface area contributed by atoms with E-state index in [0.717, 1.165) is 0 Å². The summed E-state index contributed by atoms with van der Waals surface area (Å²) in [6.45, 7) is 2.02. The van der Waals surface area contributed by atoms with E-state index in [1.807, 2.05) is 0 Å². The maximum absolute atomic E-state index is 11.3. The topological polar surface area (TPSA) is 119 Å². The van der Waals surface area contributed by atoms with E-state index in [-0.39, 0.29) is 17.0 Å². The number of rotatable bonds is 4. The molecule has 1 rings (SSSR count). The Labute approximate surface area is 103 Å². The molecule has 0 fully saturated rings. The molecule has 0 unspecified atom stereocenters. The molecule has 4 N–H and O–H groups in total. The van der Waals surface area contributed by atoms with Crippen LogP contribution in [-0.4, -0.2) is 29.5 Å². The molecule has 96 valence electrons. The Kier molecular flexibility index (Phi) is 4.25. The molecule has 2 amide bonds. The van der Waals surface area contributed by atoms with Crippen LogP contribution in [0.25, 0.3) is 0 Å². The number of nitrogens with two attached hydrogens (primary N) is 1. The van der Waals surface area contributed by atoms with Gasteiger partial charge in [-0.3, -0.25) is 9.59 Å². The summed E-state index contributed by atoms with van der Waals surface area (Å²) in [7, 11) is 0. The van der Waals surface area contributed by atoms with Crippen LogP contribution in [0.3, 0.4) is 0 Å². The van der Waals surface area contributed by atoms with E-state index in [2.05, 4.69) is 5.32 Å². The third kappa shape index (κ3) is 2.97. The van der Waals surface area contributed by atoms with Crippen LogP contribution in [0.5, 0.6) is 5.75 Å². The Morgan fingerprint density at radius 3 is 2.56 bits per heavy atom. The van der Waals surface area contributed by atoms with Crippen molar-refractivity contribution in [3.63, 3.8) is 0 Å². The number of hydrogen-bond donors (Lipinski definition) is 3. The molecule has 0 atom stereocenters. The SMILES string of the molecule is CCOc1cccc(NC(=O)C(=O)O)c1C(N)=O. The van der Waals surface area contributed by atoms with Gasteiger partial charge in [0, 0.05) is 0 Å². The maximum Gasteiger partial charge on any atom is 0.394 e. The molecule has 0 saturated carbocycles. The van der Waals surface area contributed by atoms with Crippen molar-refractivity contribution in [2.45, 2.75) is 6.92 Å². The van der Waals surface area contributed by atoms with Crippen LogP contribution in [-0.2, 0) is 9.59 Å². The highest BCUT2D eigenvalue weighted by molar-refractivity contribution is 6.36. The first-order valence-electron chi connectivity index (χ1n) is 5.07. The van der Waals surface area contributed by atoms with Gasteiger partial charge >= 0.3 is 11.9 Å². The lowest BCUT2D eigenvalue weighted by Gasteiger charge is -2.12. The molecule has 0 aliphatic carbocycles. The lowest BCUT2D eigenvalue weighted by Crippen LogP contribution is -2.24. The molecule has 0 aliphatic heterocycles. The molecule has 0 heterocycles. The highest BCUT2D eigenvalue weighted by Gasteiger charge is 2.19. The Morgan fingerprint density at radius 1 is 1.39 bits per heavy atom. The quantitative estimate of drug-likeness (QED) is 0.662. The molecule has 0 aliphatic rings. The third-order valence-corrected chi connectivity index (χ3v) is 2.01. The van der Waals surface area contributed by atoms with Gasteiger partial charge in [0.15, 0.2) is 0 Å². The predicted molar refractivity (Wildman–Crippen MR) is 62.4 cm³/mol. The zero-order valence-electron chi connectivity index (χ0n) is 9.60. The number of hydrogen-bond acceptors (Lipinski definition) is 4. The summed E-state index contributed by atoms with van der Waals surface area (Å²) in [5.41, 5.74) is 5.12. The first-order chi connectivity index (χ1) is 8.47. The first kappa shape index (κ1) is 13.5. The van der Waals surface area contributed by atoms with Crippen LogP contribution in [0.15, 0.2) is 18.2 Å². The second kappa shape index (κ2) is 5.67. The Hall–Kier alpha value is -2.57. The van der Waals surface area contributed by atoms with Gasteiger partial charge in [-0.05, 0) is 19.1 Å². The first-order valence-corrected chi connectivity index (χ1v) is 5.07. The number of carbonyl (C=O) groups excluding carboxylic acids is 2. The molecule has 0 radical (unpaired) electrons. The van der Waals surface area contributed by atoms with Crippen molar-refractivity contribution in [3.8, 4) is 5.75 Å². The summed E-state index contributed by atoms with van der Waals surface area (Å²) in [5.74, 6) is -3.55. The van der Waals surface area contributed by atoms with Gasteiger partial charge in [0.25, 0.3) is 5.91 Å². The van der Waals surface area contributed by atoms with E-state index in [1.54, 1.807) is 6.92 Å². The highest BCUT2D eigenvalue weighted by atomic mass is 16.5. The van der Waals surface area contributed by atoms with Crippen molar-refractivity contribution in [1.29, 1.82) is 0 Å². The summed E-state index contributed by atoms with van der Waals surface area (Å²) in [4.78, 5) is 32.8. The van der Waals surface area contributed by atoms with Crippen molar-refractivity contribution in [2.75, 3.05) is 11.9 Å². The van der Waals surface area contributed by atoms with Crippen molar-refractivity contribution in [1.82, 2.24) is 0 Å². The van der Waals surface area contributed by atoms with Crippen LogP contribution in [0, 0.1) is 0 Å². The monoisotopic (exact) mass is 252 g/mol. The normalized spacial score (nSPS) is 9.61. The standard InChI is InChI=1S/C11H12N2O5/c1-2-18-7-5-3-4-6(8(7)9(12)14)13-10(15)11(16)17/h3-5H,2H2,1H3,(H2,12,14)(H,13,15)(H,16,17). The molecule has 7 nitrogen and oxygen atoms in total. The fraction of sp³-hybridized carbons (Fsp3) is 0.182. The number of benzene rings is 1. The zero-order valence-corrected chi connectivity index (χ0v) is 9.60. The van der Waals surface area contributed by atoms with E-state index in [9.17, 15) is 14.4 Å². The number of primary amides is 1. The van der Waals surface area contributed by atoms with Crippen LogP contribution >= 0.6 is 0 Å². The van der Waals surface area contributed by atoms with Gasteiger partial charge in [0.05, 0.1) is 12.3 Å². The van der Waals surface area contributed by atoms with Crippen molar-refractivity contribution >= 4 is 23.5 Å². The Balaban J connectivity index is 3.18. The summed E-state index contributed by atoms with van der Waals surface area (Å²) in [6.07, 6.45) is 0. The van der Waals surface area contributed by atoms with Gasteiger partial charge in [-0.1, -0.05) is 6.07 Å². The van der Waals surface area contributed by atoms with Gasteiger partial charge in [-0.15, -0.1) is 0 Å². The van der Waals surface area contributed by atoms with Crippen molar-refractivity contribution in [2.24, 2.45) is 5.73 Å². The molecule has 0 aromatic heterocycles. The van der Waals surface area contributed by atoms with Gasteiger partial charge in [-0.2, -0.15) is 0 Å². The lowest BCUT2D eigenvalue weighted by molar-refractivity contribution is -0.147. The third-order valence-electron chi connectivity index (χ3n) is 2.01. The Bertz CT molecular complexity index is 498. The van der Waals surface area contributed by atoms with Gasteiger partial charge in [0.1, 0.15) is 11.3 Å². The number of amides is 2. The van der Waals surface area contributed by atoms with Crippen LogP contribution < -0.4 is 15.8 Å². The fourth-order valence-electron chi connectivity index (χ4n) is 1.34. The number of carbonyl (C=O) groups is 3. The number of aliphatic carboxylic acids is 1. The number of nitrogens with one attached hydrogen (secondary N) is 1. The van der Waals surface area contributed by atoms with Crippen molar-refractivity contribution in [3.05, 3.63) is 23.8 Å². The van der Waals surface area contributed by atoms with Crippen molar-refractivity contribution < 1.29 is 24.2 Å². The molecule has 0 spiro atoms. The minimum Gasteiger partial charge on any atom is -0.493 e. The Morgan fingerprint density at radius 2 is 2.06 bits per heavy atom. The molecular formula is C11H12N2O5. The summed E-state index contributed by atoms with van der Waals surface area (Å²) in [5, 5.41) is 10.6. The molecule has 0 bridgehead atoms. The van der Waals surface area contributed by atoms with Crippen LogP contribution in [0.1, 0.15) is 17.3 Å². The molecule has 1 aromatic carbocycles. The summed E-state index contributed by atoms with van der Waals surface area (Å²) in [6, 6.07) is 4.37. The molecule has 1 aromatic rings. The summed E-state index contributed by atoms with van der Waals surface area (Å²) < 4.78 is 5.18. The maximum atomic E-state index is 11.3. The largest absolute Gasteiger partial charge is 0.493 e. The molecular weight excluding hydrogens is 240 g/mol. The van der Waals surface area contributed by atoms with E-state index in [0.29, 0.717) is 6.61 Å². The smallest absolute Gasteiger partial charge is 0.394 e. The van der Waals surface area contributed by atoms with E-state index in [4.69, 9.17) is 15.6 Å². The minimum absolute atomic E-state index is 0.000787. The van der Waals surface area contributed by atoms with E-state index >= 15 is 0 Å². The van der Waals surface area contributed by atoms with E-state index < -0.39 is 17.8 Å². The number of anilines is 1. The van der Waals surface area contributed by atoms with Gasteiger partial charge in [0.2, 0.25) is 0 Å².